The number of ether oxygens (including phenoxy) is 1. The van der Waals surface area contributed by atoms with E-state index in [1.54, 1.807) is 11.0 Å². The molecule has 0 radical (unpaired) electrons. The number of amides is 1. The molecule has 0 saturated carbocycles. The van der Waals surface area contributed by atoms with E-state index >= 15 is 0 Å². The number of rotatable bonds is 6. The molecule has 0 unspecified atom stereocenters. The highest BCUT2D eigenvalue weighted by Crippen LogP contribution is 2.18. The largest absolute Gasteiger partial charge is 0.379 e. The topological polar surface area (TPSA) is 106 Å². The van der Waals surface area contributed by atoms with Crippen LogP contribution in [-0.2, 0) is 21.3 Å². The minimum atomic E-state index is -3.60. The first-order valence-corrected chi connectivity index (χ1v) is 10.9. The summed E-state index contributed by atoms with van der Waals surface area (Å²) in [5.41, 5.74) is 1.38. The van der Waals surface area contributed by atoms with Gasteiger partial charge in [0.1, 0.15) is 6.33 Å². The van der Waals surface area contributed by atoms with E-state index in [1.165, 1.54) is 28.6 Å². The minimum absolute atomic E-state index is 0.145. The number of benzene rings is 2. The van der Waals surface area contributed by atoms with Crippen LogP contribution < -0.4 is 5.32 Å². The molecule has 0 aliphatic carbocycles. The number of nitrogens with zero attached hydrogens (tertiary/aromatic N) is 4. The number of carbonyl (C=O) groups is 1. The molecule has 3 aromatic rings. The first-order chi connectivity index (χ1) is 14.5. The lowest BCUT2D eigenvalue weighted by Crippen LogP contribution is -2.40. The van der Waals surface area contributed by atoms with Crippen LogP contribution >= 0.6 is 0 Å². The Labute approximate surface area is 174 Å². The number of hydrogen-bond acceptors (Lipinski definition) is 6. The summed E-state index contributed by atoms with van der Waals surface area (Å²) < 4.78 is 33.5. The Morgan fingerprint density at radius 2 is 1.73 bits per heavy atom. The fourth-order valence-electron chi connectivity index (χ4n) is 3.09. The van der Waals surface area contributed by atoms with Gasteiger partial charge in [-0.1, -0.05) is 30.3 Å². The molecule has 1 fully saturated rings. The lowest BCUT2D eigenvalue weighted by molar-refractivity contribution is 0.0730. The van der Waals surface area contributed by atoms with E-state index in [0.29, 0.717) is 38.4 Å². The maximum atomic E-state index is 12.7. The first-order valence-electron chi connectivity index (χ1n) is 9.45. The van der Waals surface area contributed by atoms with Crippen LogP contribution in [-0.4, -0.2) is 59.7 Å². The fourth-order valence-corrected chi connectivity index (χ4v) is 4.49. The third-order valence-corrected chi connectivity index (χ3v) is 6.59. The van der Waals surface area contributed by atoms with E-state index in [-0.39, 0.29) is 10.8 Å². The van der Waals surface area contributed by atoms with Crippen LogP contribution in [0.2, 0.25) is 0 Å². The maximum Gasteiger partial charge on any atom is 0.258 e. The summed E-state index contributed by atoms with van der Waals surface area (Å²) in [5, 5.41) is 6.88. The minimum Gasteiger partial charge on any atom is -0.379 e. The van der Waals surface area contributed by atoms with E-state index in [4.69, 9.17) is 4.74 Å². The second-order valence-electron chi connectivity index (χ2n) is 6.75. The summed E-state index contributed by atoms with van der Waals surface area (Å²) in [4.78, 5) is 16.7. The SMILES string of the molecule is O=C(Nc1ncn(Cc2ccccc2)n1)c1ccc(S(=O)(=O)N2CCOCC2)cc1. The molecule has 9 nitrogen and oxygen atoms in total. The molecule has 1 aliphatic heterocycles. The normalized spacial score (nSPS) is 15.1. The van der Waals surface area contributed by atoms with Crippen LogP contribution in [0.3, 0.4) is 0 Å². The van der Waals surface area contributed by atoms with Gasteiger partial charge < -0.3 is 4.74 Å². The monoisotopic (exact) mass is 427 g/mol. The second kappa shape index (κ2) is 8.74. The summed E-state index contributed by atoms with van der Waals surface area (Å²) in [5.74, 6) is -0.233. The average molecular weight is 427 g/mol. The summed E-state index contributed by atoms with van der Waals surface area (Å²) in [7, 11) is -3.60. The van der Waals surface area contributed by atoms with E-state index < -0.39 is 15.9 Å². The van der Waals surface area contributed by atoms with Gasteiger partial charge in [-0.2, -0.15) is 4.31 Å². The molecule has 2 aromatic carbocycles. The zero-order valence-corrected chi connectivity index (χ0v) is 17.0. The fraction of sp³-hybridized carbons (Fsp3) is 0.250. The molecule has 4 rings (SSSR count). The zero-order chi connectivity index (χ0) is 21.0. The van der Waals surface area contributed by atoms with E-state index in [1.807, 2.05) is 30.3 Å². The predicted molar refractivity (Wildman–Crippen MR) is 110 cm³/mol. The van der Waals surface area contributed by atoms with Gasteiger partial charge in [-0.15, -0.1) is 5.10 Å². The molecule has 0 bridgehead atoms. The third-order valence-electron chi connectivity index (χ3n) is 4.67. The summed E-state index contributed by atoms with van der Waals surface area (Å²) >= 11 is 0. The van der Waals surface area contributed by atoms with Crippen molar-refractivity contribution in [2.75, 3.05) is 31.6 Å². The molecule has 1 amide bonds. The van der Waals surface area contributed by atoms with Crippen LogP contribution in [0, 0.1) is 0 Å². The van der Waals surface area contributed by atoms with Crippen molar-refractivity contribution in [1.29, 1.82) is 0 Å². The van der Waals surface area contributed by atoms with Gasteiger partial charge in [-0.25, -0.2) is 18.1 Å². The number of aromatic nitrogens is 3. The van der Waals surface area contributed by atoms with Crippen molar-refractivity contribution in [3.05, 3.63) is 72.1 Å². The summed E-state index contributed by atoms with van der Waals surface area (Å²) in [6.45, 7) is 1.94. The predicted octanol–water partition coefficient (Wildman–Crippen LogP) is 1.60. The first kappa shape index (κ1) is 20.2. The van der Waals surface area contributed by atoms with Gasteiger partial charge in [0.25, 0.3) is 5.91 Å². The van der Waals surface area contributed by atoms with Crippen LogP contribution in [0.25, 0.3) is 0 Å². The number of sulfonamides is 1. The molecule has 10 heteroatoms. The molecule has 1 N–H and O–H groups in total. The summed E-state index contributed by atoms with van der Waals surface area (Å²) in [6.07, 6.45) is 1.54. The van der Waals surface area contributed by atoms with Gasteiger partial charge in [0.15, 0.2) is 0 Å². The van der Waals surface area contributed by atoms with Crippen molar-refractivity contribution in [3.63, 3.8) is 0 Å². The Morgan fingerprint density at radius 1 is 1.03 bits per heavy atom. The zero-order valence-electron chi connectivity index (χ0n) is 16.1. The number of anilines is 1. The molecular weight excluding hydrogens is 406 g/mol. The second-order valence-corrected chi connectivity index (χ2v) is 8.68. The van der Waals surface area contributed by atoms with E-state index in [9.17, 15) is 13.2 Å². The van der Waals surface area contributed by atoms with Crippen LogP contribution in [0.4, 0.5) is 5.95 Å². The van der Waals surface area contributed by atoms with Crippen molar-refractivity contribution in [2.24, 2.45) is 0 Å². The van der Waals surface area contributed by atoms with Crippen molar-refractivity contribution < 1.29 is 17.9 Å². The van der Waals surface area contributed by atoms with Gasteiger partial charge in [-0.3, -0.25) is 10.1 Å². The number of nitrogens with one attached hydrogen (secondary N) is 1. The molecular formula is C20H21N5O4S. The van der Waals surface area contributed by atoms with Gasteiger partial charge >= 0.3 is 0 Å². The highest BCUT2D eigenvalue weighted by Gasteiger charge is 2.26. The molecule has 2 heterocycles. The molecule has 30 heavy (non-hydrogen) atoms. The van der Waals surface area contributed by atoms with Crippen LogP contribution in [0.15, 0.2) is 65.8 Å². The molecule has 1 saturated heterocycles. The Kier molecular flexibility index (Phi) is 5.88. The third kappa shape index (κ3) is 4.56. The number of hydrogen-bond donors (Lipinski definition) is 1. The lowest BCUT2D eigenvalue weighted by Gasteiger charge is -2.26. The maximum absolute atomic E-state index is 12.7. The van der Waals surface area contributed by atoms with Crippen LogP contribution in [0.5, 0.6) is 0 Å². The molecule has 1 aliphatic rings. The van der Waals surface area contributed by atoms with E-state index in [2.05, 4.69) is 15.4 Å². The van der Waals surface area contributed by atoms with Gasteiger partial charge in [0, 0.05) is 18.7 Å². The lowest BCUT2D eigenvalue weighted by atomic mass is 10.2. The molecule has 0 spiro atoms. The smallest absolute Gasteiger partial charge is 0.258 e. The Balaban J connectivity index is 1.40. The summed E-state index contributed by atoms with van der Waals surface area (Å²) in [6, 6.07) is 15.6. The van der Waals surface area contributed by atoms with Crippen molar-refractivity contribution in [3.8, 4) is 0 Å². The Morgan fingerprint density at radius 3 is 2.43 bits per heavy atom. The van der Waals surface area contributed by atoms with Crippen LogP contribution in [0.1, 0.15) is 15.9 Å². The van der Waals surface area contributed by atoms with Gasteiger partial charge in [0.2, 0.25) is 16.0 Å². The standard InChI is InChI=1S/C20H21N5O4S/c26-19(22-20-21-15-24(23-20)14-16-4-2-1-3-5-16)17-6-8-18(9-7-17)30(27,28)25-10-12-29-13-11-25/h1-9,15H,10-14H2,(H,22,23,26). The highest BCUT2D eigenvalue weighted by molar-refractivity contribution is 7.89. The van der Waals surface area contributed by atoms with Gasteiger partial charge in [-0.05, 0) is 29.8 Å². The molecule has 156 valence electrons. The van der Waals surface area contributed by atoms with E-state index in [0.717, 1.165) is 5.56 Å². The quantitative estimate of drug-likeness (QED) is 0.640. The molecule has 1 aromatic heterocycles. The number of carbonyl (C=O) groups excluding carboxylic acids is 1. The van der Waals surface area contributed by atoms with Crippen molar-refractivity contribution in [1.82, 2.24) is 19.1 Å². The number of morpholine rings is 1. The van der Waals surface area contributed by atoms with Gasteiger partial charge in [0.05, 0.1) is 24.7 Å². The highest BCUT2D eigenvalue weighted by atomic mass is 32.2. The molecule has 0 atom stereocenters. The Bertz CT molecular complexity index is 1110. The average Bonchev–Trinajstić information content (AvgIpc) is 3.21. The van der Waals surface area contributed by atoms with Crippen molar-refractivity contribution in [2.45, 2.75) is 11.4 Å². The van der Waals surface area contributed by atoms with Crippen molar-refractivity contribution >= 4 is 21.9 Å². The Hall–Kier alpha value is -3.08.